The lowest BCUT2D eigenvalue weighted by molar-refractivity contribution is -0.132. The molecule has 2 heterocycles. The van der Waals surface area contributed by atoms with E-state index in [9.17, 15) is 13.2 Å². The second-order valence-corrected chi connectivity index (χ2v) is 8.13. The minimum atomic E-state index is -3.00. The van der Waals surface area contributed by atoms with Crippen molar-refractivity contribution in [3.63, 3.8) is 0 Å². The van der Waals surface area contributed by atoms with Crippen LogP contribution in [0.3, 0.4) is 0 Å². The summed E-state index contributed by atoms with van der Waals surface area (Å²) in [5, 5.41) is 1.00. The average Bonchev–Trinajstić information content (AvgIpc) is 2.88. The summed E-state index contributed by atoms with van der Waals surface area (Å²) in [4.78, 5) is 18.8. The van der Waals surface area contributed by atoms with Crippen LogP contribution in [0.25, 0.3) is 10.9 Å². The molecule has 122 valence electrons. The van der Waals surface area contributed by atoms with Crippen LogP contribution in [0.4, 0.5) is 0 Å². The molecule has 0 spiro atoms. The Bertz CT molecular complexity index is 827. The van der Waals surface area contributed by atoms with Crippen molar-refractivity contribution in [1.29, 1.82) is 0 Å². The molecular weight excluding hydrogens is 312 g/mol. The topological polar surface area (TPSA) is 67.3 Å². The van der Waals surface area contributed by atoms with Crippen molar-refractivity contribution in [2.24, 2.45) is 0 Å². The Balaban J connectivity index is 1.82. The molecule has 0 saturated carbocycles. The molecule has 2 aromatic rings. The van der Waals surface area contributed by atoms with Crippen LogP contribution in [0.1, 0.15) is 18.9 Å². The van der Waals surface area contributed by atoms with Gasteiger partial charge in [-0.1, -0.05) is 24.3 Å². The monoisotopic (exact) mass is 332 g/mol. The summed E-state index contributed by atoms with van der Waals surface area (Å²) >= 11 is 0. The third-order valence-corrected chi connectivity index (χ3v) is 6.12. The Morgan fingerprint density at radius 3 is 2.78 bits per heavy atom. The van der Waals surface area contributed by atoms with Gasteiger partial charge in [0, 0.05) is 24.2 Å². The quantitative estimate of drug-likeness (QED) is 0.856. The first-order chi connectivity index (χ1) is 11.0. The standard InChI is InChI=1S/C17H20N2O3S/c1-2-19(15-8-10-23(21,22)12-15)16(20)11-14-6-3-5-13-7-4-9-18-17(13)14/h3-7,9,15H,2,8,10-12H2,1H3/t15-/m0/s1. The summed E-state index contributed by atoms with van der Waals surface area (Å²) in [5.41, 5.74) is 1.71. The maximum Gasteiger partial charge on any atom is 0.227 e. The number of hydrogen-bond acceptors (Lipinski definition) is 4. The number of carbonyl (C=O) groups is 1. The van der Waals surface area contributed by atoms with Crippen molar-refractivity contribution >= 4 is 26.6 Å². The summed E-state index contributed by atoms with van der Waals surface area (Å²) in [6.07, 6.45) is 2.51. The number of nitrogens with zero attached hydrogens (tertiary/aromatic N) is 2. The number of hydrogen-bond donors (Lipinski definition) is 0. The number of likely N-dealkylation sites (N-methyl/N-ethyl adjacent to an activating group) is 1. The fourth-order valence-electron chi connectivity index (χ4n) is 3.23. The number of sulfone groups is 1. The predicted molar refractivity (Wildman–Crippen MR) is 89.9 cm³/mol. The highest BCUT2D eigenvalue weighted by atomic mass is 32.2. The van der Waals surface area contributed by atoms with Crippen LogP contribution in [0.2, 0.25) is 0 Å². The molecule has 1 aromatic carbocycles. The van der Waals surface area contributed by atoms with Gasteiger partial charge < -0.3 is 4.90 Å². The van der Waals surface area contributed by atoms with E-state index in [4.69, 9.17) is 0 Å². The zero-order chi connectivity index (χ0) is 16.4. The Hall–Kier alpha value is -1.95. The Morgan fingerprint density at radius 1 is 1.30 bits per heavy atom. The van der Waals surface area contributed by atoms with E-state index >= 15 is 0 Å². The molecule has 23 heavy (non-hydrogen) atoms. The molecule has 6 heteroatoms. The largest absolute Gasteiger partial charge is 0.339 e. The van der Waals surface area contributed by atoms with Gasteiger partial charge in [0.15, 0.2) is 9.84 Å². The minimum Gasteiger partial charge on any atom is -0.339 e. The third kappa shape index (κ3) is 3.37. The Kier molecular flexibility index (Phi) is 4.35. The van der Waals surface area contributed by atoms with E-state index in [1.165, 1.54) is 0 Å². The first kappa shape index (κ1) is 15.9. The number of para-hydroxylation sites is 1. The molecule has 1 atom stereocenters. The van der Waals surface area contributed by atoms with E-state index in [1.807, 2.05) is 37.3 Å². The molecule has 1 aliphatic heterocycles. The number of amides is 1. The molecule has 0 N–H and O–H groups in total. The molecule has 0 unspecified atom stereocenters. The van der Waals surface area contributed by atoms with E-state index in [-0.39, 0.29) is 29.9 Å². The zero-order valence-electron chi connectivity index (χ0n) is 13.1. The van der Waals surface area contributed by atoms with Gasteiger partial charge in [-0.15, -0.1) is 0 Å². The minimum absolute atomic E-state index is 0.0345. The molecule has 1 aromatic heterocycles. The van der Waals surface area contributed by atoms with Crippen LogP contribution in [0.15, 0.2) is 36.5 Å². The van der Waals surface area contributed by atoms with Crippen molar-refractivity contribution < 1.29 is 13.2 Å². The maximum atomic E-state index is 12.7. The number of carbonyl (C=O) groups excluding carboxylic acids is 1. The lowest BCUT2D eigenvalue weighted by Crippen LogP contribution is -2.41. The van der Waals surface area contributed by atoms with Gasteiger partial charge in [0.1, 0.15) is 0 Å². The number of rotatable bonds is 4. The fraction of sp³-hybridized carbons (Fsp3) is 0.412. The summed E-state index contributed by atoms with van der Waals surface area (Å²) in [7, 11) is -3.00. The van der Waals surface area contributed by atoms with Gasteiger partial charge in [-0.2, -0.15) is 0 Å². The van der Waals surface area contributed by atoms with E-state index in [2.05, 4.69) is 4.98 Å². The molecule has 0 bridgehead atoms. The highest BCUT2D eigenvalue weighted by molar-refractivity contribution is 7.91. The molecule has 5 nitrogen and oxygen atoms in total. The predicted octanol–water partition coefficient (Wildman–Crippen LogP) is 1.81. The Morgan fingerprint density at radius 2 is 2.09 bits per heavy atom. The smallest absolute Gasteiger partial charge is 0.227 e. The molecule has 1 saturated heterocycles. The second kappa shape index (κ2) is 6.28. The summed E-state index contributed by atoms with van der Waals surface area (Å²) in [5.74, 6) is 0.227. The SMILES string of the molecule is CCN(C(=O)Cc1cccc2cccnc12)[C@H]1CCS(=O)(=O)C1. The van der Waals surface area contributed by atoms with Gasteiger partial charge in [-0.3, -0.25) is 9.78 Å². The summed E-state index contributed by atoms with van der Waals surface area (Å²) in [6.45, 7) is 2.42. The zero-order valence-corrected chi connectivity index (χ0v) is 13.9. The number of fused-ring (bicyclic) bond motifs is 1. The lowest BCUT2D eigenvalue weighted by Gasteiger charge is -2.27. The second-order valence-electron chi connectivity index (χ2n) is 5.91. The van der Waals surface area contributed by atoms with Crippen LogP contribution in [0, 0.1) is 0 Å². The number of pyridine rings is 1. The first-order valence-corrected chi connectivity index (χ1v) is 9.65. The summed E-state index contributed by atoms with van der Waals surface area (Å²) in [6, 6.07) is 9.44. The highest BCUT2D eigenvalue weighted by Gasteiger charge is 2.33. The van der Waals surface area contributed by atoms with Crippen LogP contribution in [-0.2, 0) is 21.1 Å². The van der Waals surface area contributed by atoms with Gasteiger partial charge in [0.2, 0.25) is 5.91 Å². The molecule has 0 aliphatic carbocycles. The van der Waals surface area contributed by atoms with Gasteiger partial charge in [-0.25, -0.2) is 8.42 Å². The number of benzene rings is 1. The molecule has 0 radical (unpaired) electrons. The average molecular weight is 332 g/mol. The van der Waals surface area contributed by atoms with Crippen molar-refractivity contribution in [3.05, 3.63) is 42.1 Å². The normalized spacial score (nSPS) is 19.8. The van der Waals surface area contributed by atoms with Crippen molar-refractivity contribution in [3.8, 4) is 0 Å². The molecule has 1 fully saturated rings. The van der Waals surface area contributed by atoms with Crippen LogP contribution >= 0.6 is 0 Å². The van der Waals surface area contributed by atoms with E-state index < -0.39 is 9.84 Å². The van der Waals surface area contributed by atoms with Crippen LogP contribution in [-0.4, -0.2) is 48.3 Å². The van der Waals surface area contributed by atoms with Crippen molar-refractivity contribution in [2.75, 3.05) is 18.1 Å². The van der Waals surface area contributed by atoms with Gasteiger partial charge in [-0.05, 0) is 25.0 Å². The molecule has 1 aliphatic rings. The van der Waals surface area contributed by atoms with Crippen molar-refractivity contribution in [1.82, 2.24) is 9.88 Å². The van der Waals surface area contributed by atoms with Gasteiger partial charge in [0.25, 0.3) is 0 Å². The van der Waals surface area contributed by atoms with Crippen LogP contribution < -0.4 is 0 Å². The fourth-order valence-corrected chi connectivity index (χ4v) is 4.96. The van der Waals surface area contributed by atoms with Gasteiger partial charge in [0.05, 0.1) is 23.4 Å². The summed E-state index contributed by atoms with van der Waals surface area (Å²) < 4.78 is 23.3. The van der Waals surface area contributed by atoms with E-state index in [0.717, 1.165) is 16.5 Å². The van der Waals surface area contributed by atoms with E-state index in [1.54, 1.807) is 11.1 Å². The highest BCUT2D eigenvalue weighted by Crippen LogP contribution is 2.21. The van der Waals surface area contributed by atoms with E-state index in [0.29, 0.717) is 13.0 Å². The van der Waals surface area contributed by atoms with Crippen LogP contribution in [0.5, 0.6) is 0 Å². The molecule has 3 rings (SSSR count). The Labute approximate surface area is 136 Å². The number of aromatic nitrogens is 1. The molecule has 1 amide bonds. The maximum absolute atomic E-state index is 12.7. The van der Waals surface area contributed by atoms with Gasteiger partial charge >= 0.3 is 0 Å². The lowest BCUT2D eigenvalue weighted by atomic mass is 10.1. The third-order valence-electron chi connectivity index (χ3n) is 4.37. The first-order valence-electron chi connectivity index (χ1n) is 7.82. The molecular formula is C17H20N2O3S. The van der Waals surface area contributed by atoms with Crippen molar-refractivity contribution in [2.45, 2.75) is 25.8 Å².